The Morgan fingerprint density at radius 3 is 2.64 bits per heavy atom. The summed E-state index contributed by atoms with van der Waals surface area (Å²) in [6.45, 7) is 2.02. The van der Waals surface area contributed by atoms with Gasteiger partial charge >= 0.3 is 0 Å². The fourth-order valence-corrected chi connectivity index (χ4v) is 3.87. The number of nitrogens with zero attached hydrogens (tertiary/aromatic N) is 2. The summed E-state index contributed by atoms with van der Waals surface area (Å²) in [6.07, 6.45) is 6.43. The molecule has 146 valence electrons. The Kier molecular flexibility index (Phi) is 5.94. The first-order chi connectivity index (χ1) is 13.4. The Hall–Kier alpha value is -2.93. The minimum atomic E-state index is -2.26. The lowest BCUT2D eigenvalue weighted by atomic mass is 9.91. The van der Waals surface area contributed by atoms with E-state index in [-0.39, 0.29) is 11.5 Å². The number of aryl methyl sites for hydroxylation is 2. The van der Waals surface area contributed by atoms with Gasteiger partial charge in [-0.2, -0.15) is 8.42 Å². The van der Waals surface area contributed by atoms with Crippen molar-refractivity contribution in [3.05, 3.63) is 75.2 Å². The van der Waals surface area contributed by atoms with Crippen LogP contribution in [0, 0.1) is 0 Å². The predicted octanol–water partition coefficient (Wildman–Crippen LogP) is 2.32. The van der Waals surface area contributed by atoms with Crippen molar-refractivity contribution in [1.82, 2.24) is 9.55 Å². The molecule has 0 unspecified atom stereocenters. The van der Waals surface area contributed by atoms with Crippen molar-refractivity contribution in [3.8, 4) is 0 Å². The molecule has 3 rings (SSSR count). The Balaban J connectivity index is 1.87. The second-order valence-corrected chi connectivity index (χ2v) is 7.76. The number of benzene rings is 1. The summed E-state index contributed by atoms with van der Waals surface area (Å²) in [7, 11) is -0.670. The second kappa shape index (κ2) is 8.39. The summed E-state index contributed by atoms with van der Waals surface area (Å²) in [5.74, 6) is 0.194. The van der Waals surface area contributed by atoms with Crippen LogP contribution in [0.2, 0.25) is 0 Å². The molecule has 28 heavy (non-hydrogen) atoms. The molecule has 1 aliphatic carbocycles. The monoisotopic (exact) mass is 397 g/mol. The van der Waals surface area contributed by atoms with E-state index >= 15 is 0 Å². The van der Waals surface area contributed by atoms with Crippen LogP contribution in [0.5, 0.6) is 0 Å². The van der Waals surface area contributed by atoms with Crippen LogP contribution in [0.25, 0.3) is 5.57 Å². The third kappa shape index (κ3) is 4.31. The SMILES string of the molecule is CCC1=CC=C(c2cccc(CCc3cc(=O)n(C)c(N)n3)c2)C(=S(=O)=O)C1. The molecule has 1 aliphatic rings. The number of allylic oxidation sites excluding steroid dienone is 4. The number of anilines is 1. The first kappa shape index (κ1) is 19.8. The van der Waals surface area contributed by atoms with Crippen molar-refractivity contribution in [3.63, 3.8) is 0 Å². The van der Waals surface area contributed by atoms with E-state index in [1.807, 2.05) is 43.3 Å². The van der Waals surface area contributed by atoms with Crippen molar-refractivity contribution in [2.75, 3.05) is 5.73 Å². The molecule has 2 N–H and O–H groups in total. The van der Waals surface area contributed by atoms with Crippen LogP contribution >= 0.6 is 0 Å². The van der Waals surface area contributed by atoms with E-state index in [0.29, 0.717) is 29.8 Å². The quantitative estimate of drug-likeness (QED) is 0.782. The Labute approximate surface area is 165 Å². The van der Waals surface area contributed by atoms with Gasteiger partial charge in [-0.05, 0) is 30.4 Å². The molecule has 2 aromatic rings. The van der Waals surface area contributed by atoms with E-state index in [1.165, 1.54) is 10.6 Å². The number of hydrogen-bond donors (Lipinski definition) is 1. The normalized spacial score (nSPS) is 13.9. The van der Waals surface area contributed by atoms with Crippen molar-refractivity contribution in [1.29, 1.82) is 0 Å². The van der Waals surface area contributed by atoms with Crippen LogP contribution in [0.15, 0.2) is 52.9 Å². The van der Waals surface area contributed by atoms with Crippen LogP contribution in [-0.4, -0.2) is 22.8 Å². The van der Waals surface area contributed by atoms with Crippen molar-refractivity contribution < 1.29 is 8.42 Å². The van der Waals surface area contributed by atoms with Gasteiger partial charge in [0.2, 0.25) is 16.2 Å². The minimum absolute atomic E-state index is 0.181. The molecule has 1 heterocycles. The molecule has 0 saturated heterocycles. The maximum absolute atomic E-state index is 11.9. The number of rotatable bonds is 5. The average Bonchev–Trinajstić information content (AvgIpc) is 2.70. The topological polar surface area (TPSA) is 95.0 Å². The molecule has 0 amide bonds. The van der Waals surface area contributed by atoms with E-state index in [4.69, 9.17) is 5.73 Å². The lowest BCUT2D eigenvalue weighted by Gasteiger charge is -2.15. The van der Waals surface area contributed by atoms with Crippen LogP contribution in [0.4, 0.5) is 5.95 Å². The maximum atomic E-state index is 11.9. The van der Waals surface area contributed by atoms with E-state index in [2.05, 4.69) is 4.98 Å². The lowest BCUT2D eigenvalue weighted by molar-refractivity contribution is 0.627. The molecule has 0 aliphatic heterocycles. The summed E-state index contributed by atoms with van der Waals surface area (Å²) >= 11 is 0. The third-order valence-electron chi connectivity index (χ3n) is 4.96. The molecule has 0 radical (unpaired) electrons. The number of aromatic nitrogens is 2. The number of hydrogen-bond acceptors (Lipinski definition) is 5. The molecule has 0 spiro atoms. The van der Waals surface area contributed by atoms with Gasteiger partial charge in [0.15, 0.2) is 0 Å². The molecule has 1 aromatic carbocycles. The van der Waals surface area contributed by atoms with E-state index in [1.54, 1.807) is 7.05 Å². The fraction of sp³-hybridized carbons (Fsp3) is 0.286. The molecular weight excluding hydrogens is 374 g/mol. The van der Waals surface area contributed by atoms with Crippen LogP contribution in [0.3, 0.4) is 0 Å². The van der Waals surface area contributed by atoms with Crippen LogP contribution < -0.4 is 11.3 Å². The number of nitrogens with two attached hydrogens (primary N) is 1. The van der Waals surface area contributed by atoms with Crippen molar-refractivity contribution in [2.24, 2.45) is 7.05 Å². The summed E-state index contributed by atoms with van der Waals surface area (Å²) in [5, 5.41) is 0. The van der Waals surface area contributed by atoms with E-state index in [0.717, 1.165) is 28.7 Å². The van der Waals surface area contributed by atoms with Gasteiger partial charge in [-0.3, -0.25) is 9.36 Å². The smallest absolute Gasteiger partial charge is 0.254 e. The third-order valence-corrected chi connectivity index (χ3v) is 5.73. The lowest BCUT2D eigenvalue weighted by Crippen LogP contribution is -2.21. The molecule has 1 aromatic heterocycles. The molecule has 6 nitrogen and oxygen atoms in total. The molecule has 7 heteroatoms. The average molecular weight is 398 g/mol. The molecule has 0 saturated carbocycles. The van der Waals surface area contributed by atoms with Crippen molar-refractivity contribution >= 4 is 26.7 Å². The van der Waals surface area contributed by atoms with Gasteiger partial charge < -0.3 is 5.73 Å². The zero-order chi connectivity index (χ0) is 20.3. The summed E-state index contributed by atoms with van der Waals surface area (Å²) in [6, 6.07) is 9.31. The number of nitrogen functional groups attached to an aromatic ring is 1. The molecule has 0 fully saturated rings. The summed E-state index contributed by atoms with van der Waals surface area (Å²) < 4.78 is 24.8. The highest BCUT2D eigenvalue weighted by atomic mass is 32.2. The van der Waals surface area contributed by atoms with Gasteiger partial charge in [-0.15, -0.1) is 0 Å². The van der Waals surface area contributed by atoms with Gasteiger partial charge in [0.25, 0.3) is 5.56 Å². The van der Waals surface area contributed by atoms with Gasteiger partial charge in [-0.1, -0.05) is 48.9 Å². The molecular formula is C21H23N3O3S. The predicted molar refractivity (Wildman–Crippen MR) is 113 cm³/mol. The first-order valence-corrected chi connectivity index (χ1v) is 10.2. The minimum Gasteiger partial charge on any atom is -0.369 e. The summed E-state index contributed by atoms with van der Waals surface area (Å²) in [4.78, 5) is 16.5. The highest BCUT2D eigenvalue weighted by Gasteiger charge is 2.17. The largest absolute Gasteiger partial charge is 0.369 e. The van der Waals surface area contributed by atoms with E-state index < -0.39 is 10.3 Å². The fourth-order valence-electron chi connectivity index (χ4n) is 3.20. The highest BCUT2D eigenvalue weighted by molar-refractivity contribution is 7.74. The Morgan fingerprint density at radius 2 is 1.96 bits per heavy atom. The van der Waals surface area contributed by atoms with Crippen LogP contribution in [-0.2, 0) is 30.2 Å². The van der Waals surface area contributed by atoms with Gasteiger partial charge in [0.05, 0.1) is 10.6 Å². The Bertz CT molecular complexity index is 1160. The zero-order valence-electron chi connectivity index (χ0n) is 16.0. The highest BCUT2D eigenvalue weighted by Crippen LogP contribution is 2.26. The van der Waals surface area contributed by atoms with Crippen molar-refractivity contribution in [2.45, 2.75) is 32.6 Å². The van der Waals surface area contributed by atoms with Gasteiger partial charge in [0.1, 0.15) is 0 Å². The van der Waals surface area contributed by atoms with Gasteiger partial charge in [0, 0.05) is 25.1 Å². The zero-order valence-corrected chi connectivity index (χ0v) is 16.8. The Morgan fingerprint density at radius 1 is 1.18 bits per heavy atom. The summed E-state index contributed by atoms with van der Waals surface area (Å²) in [5.41, 5.74) is 9.98. The van der Waals surface area contributed by atoms with Crippen LogP contribution in [0.1, 0.15) is 36.6 Å². The second-order valence-electron chi connectivity index (χ2n) is 6.80. The van der Waals surface area contributed by atoms with Gasteiger partial charge in [-0.25, -0.2) is 4.98 Å². The first-order valence-electron chi connectivity index (χ1n) is 9.16. The maximum Gasteiger partial charge on any atom is 0.254 e. The molecule has 0 bridgehead atoms. The standard InChI is InChI=1S/C21H23N3O3S/c1-3-14-8-10-18(19(12-14)28(26)27)16-6-4-5-15(11-16)7-9-17-13-20(25)24(2)21(22)23-17/h4-6,8,10-11,13H,3,7,9,12H2,1-2H3,(H2,22,23). The van der Waals surface area contributed by atoms with E-state index in [9.17, 15) is 13.2 Å². The molecule has 0 atom stereocenters.